The molecule has 1 aromatic rings. The summed E-state index contributed by atoms with van der Waals surface area (Å²) in [5.74, 6) is 1.15. The topological polar surface area (TPSA) is 76.1 Å². The molecule has 0 spiro atoms. The summed E-state index contributed by atoms with van der Waals surface area (Å²) in [5.41, 5.74) is 1.28. The number of aryl methyl sites for hydroxylation is 2. The fourth-order valence-electron chi connectivity index (χ4n) is 4.03. The number of methoxy groups -OCH3 is 1. The highest BCUT2D eigenvalue weighted by Crippen LogP contribution is 2.27. The fourth-order valence-corrected chi connectivity index (χ4v) is 5.59. The minimum atomic E-state index is -3.66. The van der Waals surface area contributed by atoms with Crippen LogP contribution in [0, 0.1) is 19.8 Å². The Labute approximate surface area is 181 Å². The van der Waals surface area contributed by atoms with E-state index in [2.05, 4.69) is 0 Å². The Hall–Kier alpha value is -1.64. The molecule has 0 aliphatic heterocycles. The molecule has 0 bridgehead atoms. The van der Waals surface area contributed by atoms with Gasteiger partial charge in [-0.2, -0.15) is 4.31 Å². The third-order valence-electron chi connectivity index (χ3n) is 5.80. The Morgan fingerprint density at radius 1 is 1.10 bits per heavy atom. The minimum Gasteiger partial charge on any atom is -0.497 e. The maximum Gasteiger partial charge on any atom is 0.248 e. The molecule has 0 heterocycles. The zero-order valence-electron chi connectivity index (χ0n) is 18.9. The predicted octanol–water partition coefficient (Wildman–Crippen LogP) is 2.99. The van der Waals surface area contributed by atoms with Gasteiger partial charge >= 0.3 is 0 Å². The van der Waals surface area contributed by atoms with Crippen molar-refractivity contribution in [2.75, 3.05) is 47.5 Å². The zero-order valence-corrected chi connectivity index (χ0v) is 19.8. The molecule has 0 atom stereocenters. The summed E-state index contributed by atoms with van der Waals surface area (Å²) in [6, 6.07) is 3.43. The van der Waals surface area contributed by atoms with E-state index in [4.69, 9.17) is 9.47 Å². The number of amides is 1. The predicted molar refractivity (Wildman–Crippen MR) is 117 cm³/mol. The molecule has 8 heteroatoms. The number of sulfonamides is 1. The highest BCUT2D eigenvalue weighted by Gasteiger charge is 2.25. The lowest BCUT2D eigenvalue weighted by Gasteiger charge is -2.27. The highest BCUT2D eigenvalue weighted by molar-refractivity contribution is 7.89. The van der Waals surface area contributed by atoms with Crippen molar-refractivity contribution < 1.29 is 22.7 Å². The first-order chi connectivity index (χ1) is 14.2. The monoisotopic (exact) mass is 440 g/mol. The average Bonchev–Trinajstić information content (AvgIpc) is 2.70. The minimum absolute atomic E-state index is 0.0301. The second kappa shape index (κ2) is 11.1. The van der Waals surface area contributed by atoms with Crippen LogP contribution in [-0.2, 0) is 19.6 Å². The van der Waals surface area contributed by atoms with Gasteiger partial charge < -0.3 is 14.4 Å². The largest absolute Gasteiger partial charge is 0.497 e. The Kier molecular flexibility index (Phi) is 9.12. The van der Waals surface area contributed by atoms with E-state index in [0.29, 0.717) is 22.8 Å². The number of likely N-dealkylation sites (N-methyl/N-ethyl adjacent to an activating group) is 2. The Balaban J connectivity index is 1.83. The van der Waals surface area contributed by atoms with Crippen LogP contribution in [0.5, 0.6) is 5.75 Å². The normalized spacial score (nSPS) is 15.4. The number of rotatable bonds is 10. The lowest BCUT2D eigenvalue weighted by atomic mass is 9.89. The summed E-state index contributed by atoms with van der Waals surface area (Å²) in [6.07, 6.45) is 6.16. The molecule has 30 heavy (non-hydrogen) atoms. The molecule has 0 unspecified atom stereocenters. The number of benzene rings is 1. The van der Waals surface area contributed by atoms with E-state index >= 15 is 0 Å². The van der Waals surface area contributed by atoms with E-state index in [-0.39, 0.29) is 30.6 Å². The molecular weight excluding hydrogens is 404 g/mol. The smallest absolute Gasteiger partial charge is 0.248 e. The number of hydrogen-bond donors (Lipinski definition) is 0. The van der Waals surface area contributed by atoms with Gasteiger partial charge in [0.05, 0.1) is 18.6 Å². The summed E-state index contributed by atoms with van der Waals surface area (Å²) in [5, 5.41) is 0. The molecule has 0 saturated heterocycles. The van der Waals surface area contributed by atoms with Crippen molar-refractivity contribution in [1.82, 2.24) is 9.21 Å². The van der Waals surface area contributed by atoms with Crippen molar-refractivity contribution in [3.05, 3.63) is 23.3 Å². The van der Waals surface area contributed by atoms with Crippen molar-refractivity contribution in [3.8, 4) is 5.75 Å². The van der Waals surface area contributed by atoms with Gasteiger partial charge in [0.25, 0.3) is 0 Å². The summed E-state index contributed by atoms with van der Waals surface area (Å²) in [6.45, 7) is 4.59. The Bertz CT molecular complexity index is 796. The molecule has 1 amide bonds. The van der Waals surface area contributed by atoms with Crippen molar-refractivity contribution in [3.63, 3.8) is 0 Å². The molecule has 2 rings (SSSR count). The van der Waals surface area contributed by atoms with E-state index in [1.807, 2.05) is 7.05 Å². The first kappa shape index (κ1) is 24.6. The third kappa shape index (κ3) is 6.43. The van der Waals surface area contributed by atoms with E-state index < -0.39 is 10.0 Å². The Morgan fingerprint density at radius 3 is 2.27 bits per heavy atom. The van der Waals surface area contributed by atoms with Crippen LogP contribution >= 0.6 is 0 Å². The molecule has 1 aliphatic rings. The second-order valence-electron chi connectivity index (χ2n) is 8.25. The lowest BCUT2D eigenvalue weighted by molar-refractivity contribution is -0.135. The maximum absolute atomic E-state index is 13.0. The van der Waals surface area contributed by atoms with Gasteiger partial charge in [0.15, 0.2) is 0 Å². The van der Waals surface area contributed by atoms with Crippen LogP contribution in [0.25, 0.3) is 0 Å². The molecule has 170 valence electrons. The third-order valence-corrected chi connectivity index (χ3v) is 7.96. The SMILES string of the molecule is COc1cc(C)c(S(=O)(=O)N(C)CCOCC(=O)N(C)CC2CCCCC2)c(C)c1. The van der Waals surface area contributed by atoms with Gasteiger partial charge in [0.2, 0.25) is 15.9 Å². The van der Waals surface area contributed by atoms with Crippen LogP contribution in [0.3, 0.4) is 0 Å². The van der Waals surface area contributed by atoms with E-state index in [1.54, 1.807) is 38.0 Å². The molecule has 7 nitrogen and oxygen atoms in total. The Morgan fingerprint density at radius 2 is 1.70 bits per heavy atom. The number of carbonyl (C=O) groups is 1. The van der Waals surface area contributed by atoms with Crippen LogP contribution < -0.4 is 4.74 Å². The van der Waals surface area contributed by atoms with Crippen LogP contribution in [-0.4, -0.2) is 71.0 Å². The standard InChI is InChI=1S/C22H36N2O5S/c1-17-13-20(28-5)14-18(2)22(17)30(26,27)24(4)11-12-29-16-21(25)23(3)15-19-9-7-6-8-10-19/h13-14,19H,6-12,15-16H2,1-5H3. The zero-order chi connectivity index (χ0) is 22.3. The maximum atomic E-state index is 13.0. The summed E-state index contributed by atoms with van der Waals surface area (Å²) >= 11 is 0. The van der Waals surface area contributed by atoms with Gasteiger partial charge in [-0.25, -0.2) is 8.42 Å². The summed E-state index contributed by atoms with van der Waals surface area (Å²) in [7, 11) is 1.23. The molecule has 0 N–H and O–H groups in total. The van der Waals surface area contributed by atoms with Gasteiger partial charge in [0.1, 0.15) is 12.4 Å². The summed E-state index contributed by atoms with van der Waals surface area (Å²) < 4.78 is 37.9. The number of nitrogens with zero attached hydrogens (tertiary/aromatic N) is 2. The van der Waals surface area contributed by atoms with Crippen LogP contribution in [0.1, 0.15) is 43.2 Å². The van der Waals surface area contributed by atoms with Crippen molar-refractivity contribution in [1.29, 1.82) is 0 Å². The number of hydrogen-bond acceptors (Lipinski definition) is 5. The highest BCUT2D eigenvalue weighted by atomic mass is 32.2. The van der Waals surface area contributed by atoms with Gasteiger partial charge in [0, 0.05) is 27.2 Å². The van der Waals surface area contributed by atoms with Crippen LogP contribution in [0.15, 0.2) is 17.0 Å². The van der Waals surface area contributed by atoms with Crippen molar-refractivity contribution in [2.45, 2.75) is 50.8 Å². The molecular formula is C22H36N2O5S. The number of carbonyl (C=O) groups excluding carboxylic acids is 1. The van der Waals surface area contributed by atoms with E-state index in [1.165, 1.54) is 43.5 Å². The quantitative estimate of drug-likeness (QED) is 0.523. The van der Waals surface area contributed by atoms with Gasteiger partial charge in [-0.1, -0.05) is 19.3 Å². The van der Waals surface area contributed by atoms with Crippen LogP contribution in [0.4, 0.5) is 0 Å². The van der Waals surface area contributed by atoms with Gasteiger partial charge in [-0.05, 0) is 55.9 Å². The fraction of sp³-hybridized carbons (Fsp3) is 0.682. The van der Waals surface area contributed by atoms with E-state index in [0.717, 1.165) is 6.54 Å². The molecule has 0 aromatic heterocycles. The van der Waals surface area contributed by atoms with Gasteiger partial charge in [-0.3, -0.25) is 4.79 Å². The van der Waals surface area contributed by atoms with Crippen LogP contribution in [0.2, 0.25) is 0 Å². The lowest BCUT2D eigenvalue weighted by Crippen LogP contribution is -2.36. The second-order valence-corrected chi connectivity index (χ2v) is 10.2. The molecule has 1 saturated carbocycles. The van der Waals surface area contributed by atoms with E-state index in [9.17, 15) is 13.2 Å². The number of ether oxygens (including phenoxy) is 2. The van der Waals surface area contributed by atoms with Crippen molar-refractivity contribution >= 4 is 15.9 Å². The first-order valence-electron chi connectivity index (χ1n) is 10.6. The average molecular weight is 441 g/mol. The molecule has 1 fully saturated rings. The van der Waals surface area contributed by atoms with Gasteiger partial charge in [-0.15, -0.1) is 0 Å². The first-order valence-corrected chi connectivity index (χ1v) is 12.0. The summed E-state index contributed by atoms with van der Waals surface area (Å²) in [4.78, 5) is 14.3. The van der Waals surface area contributed by atoms with Crippen molar-refractivity contribution in [2.24, 2.45) is 5.92 Å². The molecule has 0 radical (unpaired) electrons. The molecule has 1 aromatic carbocycles. The molecule has 1 aliphatic carbocycles.